The van der Waals surface area contributed by atoms with Gasteiger partial charge in [-0.25, -0.2) is 8.42 Å². The van der Waals surface area contributed by atoms with Crippen LogP contribution in [0.1, 0.15) is 6.42 Å². The zero-order valence-electron chi connectivity index (χ0n) is 10.4. The van der Waals surface area contributed by atoms with Gasteiger partial charge in [0.15, 0.2) is 0 Å². The van der Waals surface area contributed by atoms with Gasteiger partial charge < -0.3 is 0 Å². The number of hydrogen-bond donors (Lipinski definition) is 1. The summed E-state index contributed by atoms with van der Waals surface area (Å²) in [4.78, 5) is 20.8. The summed E-state index contributed by atoms with van der Waals surface area (Å²) in [7, 11) is -3.88. The summed E-state index contributed by atoms with van der Waals surface area (Å²) < 4.78 is 26.3. The molecule has 0 unspecified atom stereocenters. The Balaban J connectivity index is 2.35. The van der Waals surface area contributed by atoms with Crippen LogP contribution in [-0.4, -0.2) is 27.0 Å². The lowest BCUT2D eigenvalue weighted by Gasteiger charge is -2.10. The third kappa shape index (κ3) is 3.09. The first-order valence-corrected chi connectivity index (χ1v) is 7.29. The third-order valence-corrected chi connectivity index (χ3v) is 4.23. The molecule has 0 bridgehead atoms. The lowest BCUT2D eigenvalue weighted by molar-refractivity contribution is 0.518. The summed E-state index contributed by atoms with van der Waals surface area (Å²) in [5.74, 6) is 0. The summed E-state index contributed by atoms with van der Waals surface area (Å²) in [6.45, 7) is 0. The second kappa shape index (κ2) is 5.94. The van der Waals surface area contributed by atoms with Crippen LogP contribution in [0.3, 0.4) is 0 Å². The van der Waals surface area contributed by atoms with Gasteiger partial charge in [0.1, 0.15) is 0 Å². The summed E-state index contributed by atoms with van der Waals surface area (Å²) >= 11 is 0. The van der Waals surface area contributed by atoms with Crippen molar-refractivity contribution in [1.29, 1.82) is 0 Å². The number of fused-ring (bicyclic) bond motifs is 1. The summed E-state index contributed by atoms with van der Waals surface area (Å²) in [6.07, 6.45) is 2.58. The minimum absolute atomic E-state index is 0.0300. The first kappa shape index (κ1) is 14.4. The number of nitrogens with one attached hydrogen (secondary N) is 1. The minimum atomic E-state index is -3.88. The van der Waals surface area contributed by atoms with Crippen LogP contribution in [0.4, 0.5) is 0 Å². The fourth-order valence-electron chi connectivity index (χ4n) is 1.78. The fraction of sp³-hybridized carbons (Fsp3) is 0.143. The van der Waals surface area contributed by atoms with E-state index in [4.69, 9.17) is 0 Å². The van der Waals surface area contributed by atoms with Gasteiger partial charge in [0.2, 0.25) is 22.6 Å². The molecule has 0 saturated heterocycles. The molecule has 0 spiro atoms. The molecule has 2 aromatic carbocycles. The number of benzene rings is 2. The van der Waals surface area contributed by atoms with Crippen LogP contribution in [0.15, 0.2) is 47.4 Å². The van der Waals surface area contributed by atoms with Crippen molar-refractivity contribution in [3.63, 3.8) is 0 Å². The SMILES string of the molecule is O=[C]C[C@H]([C]=O)NS(=O)(=O)c1ccc2ccccc2c1. The maximum Gasteiger partial charge on any atom is 0.241 e. The molecular formula is C14H11NO4S. The molecule has 0 saturated carbocycles. The molecule has 2 aromatic rings. The second-order valence-electron chi connectivity index (χ2n) is 4.15. The molecule has 20 heavy (non-hydrogen) atoms. The van der Waals surface area contributed by atoms with Crippen LogP contribution >= 0.6 is 0 Å². The molecule has 2 radical (unpaired) electrons. The van der Waals surface area contributed by atoms with E-state index in [9.17, 15) is 18.0 Å². The van der Waals surface area contributed by atoms with Crippen LogP contribution < -0.4 is 4.72 Å². The highest BCUT2D eigenvalue weighted by atomic mass is 32.2. The van der Waals surface area contributed by atoms with Crippen LogP contribution in [-0.2, 0) is 19.6 Å². The van der Waals surface area contributed by atoms with E-state index in [0.717, 1.165) is 10.8 Å². The number of rotatable bonds is 6. The van der Waals surface area contributed by atoms with Crippen LogP contribution in [0.5, 0.6) is 0 Å². The quantitative estimate of drug-likeness (QED) is 0.863. The van der Waals surface area contributed by atoms with Gasteiger partial charge in [0.05, 0.1) is 10.9 Å². The van der Waals surface area contributed by atoms with Gasteiger partial charge in [-0.1, -0.05) is 30.3 Å². The zero-order chi connectivity index (χ0) is 14.6. The normalized spacial score (nSPS) is 13.0. The molecule has 6 heteroatoms. The lowest BCUT2D eigenvalue weighted by Crippen LogP contribution is -2.36. The Kier molecular flexibility index (Phi) is 4.26. The lowest BCUT2D eigenvalue weighted by atomic mass is 10.1. The van der Waals surface area contributed by atoms with E-state index in [1.807, 2.05) is 12.1 Å². The highest BCUT2D eigenvalue weighted by Crippen LogP contribution is 2.19. The Morgan fingerprint density at radius 2 is 1.75 bits per heavy atom. The zero-order valence-corrected chi connectivity index (χ0v) is 11.2. The Bertz CT molecular complexity index is 740. The standard InChI is InChI=1S/C14H11NO4S/c16-8-7-13(10-17)15-20(18,19)14-6-5-11-3-1-2-4-12(11)9-14/h1-6,9,13,15H,7H2/t13-/m1/s1. The van der Waals surface area contributed by atoms with Crippen LogP contribution in [0.25, 0.3) is 10.8 Å². The molecule has 0 aliphatic carbocycles. The van der Waals surface area contributed by atoms with Crippen molar-refractivity contribution in [2.24, 2.45) is 0 Å². The van der Waals surface area contributed by atoms with Gasteiger partial charge >= 0.3 is 0 Å². The van der Waals surface area contributed by atoms with Crippen LogP contribution in [0, 0.1) is 0 Å². The minimum Gasteiger partial charge on any atom is -0.291 e. The van der Waals surface area contributed by atoms with E-state index in [0.29, 0.717) is 0 Å². The Morgan fingerprint density at radius 3 is 2.40 bits per heavy atom. The molecule has 0 aliphatic rings. The molecule has 5 nitrogen and oxygen atoms in total. The molecule has 1 N–H and O–H groups in total. The van der Waals surface area contributed by atoms with Gasteiger partial charge in [0, 0.05) is 6.42 Å². The molecule has 0 heterocycles. The van der Waals surface area contributed by atoms with Crippen molar-refractivity contribution in [3.8, 4) is 0 Å². The molecule has 102 valence electrons. The molecule has 0 fully saturated rings. The highest BCUT2D eigenvalue weighted by Gasteiger charge is 2.20. The van der Waals surface area contributed by atoms with Crippen molar-refractivity contribution in [3.05, 3.63) is 42.5 Å². The Hall–Kier alpha value is -2.05. The number of hydrogen-bond acceptors (Lipinski definition) is 4. The van der Waals surface area contributed by atoms with Crippen molar-refractivity contribution in [1.82, 2.24) is 4.72 Å². The van der Waals surface area contributed by atoms with Gasteiger partial charge in [-0.15, -0.1) is 0 Å². The monoisotopic (exact) mass is 289 g/mol. The molecule has 2 rings (SSSR count). The summed E-state index contributed by atoms with van der Waals surface area (Å²) in [5.41, 5.74) is 0. The highest BCUT2D eigenvalue weighted by molar-refractivity contribution is 7.89. The predicted molar refractivity (Wildman–Crippen MR) is 74.1 cm³/mol. The largest absolute Gasteiger partial charge is 0.291 e. The van der Waals surface area contributed by atoms with Gasteiger partial charge in [-0.3, -0.25) is 9.59 Å². The van der Waals surface area contributed by atoms with Crippen molar-refractivity contribution < 1.29 is 18.0 Å². The van der Waals surface area contributed by atoms with Gasteiger partial charge in [-0.05, 0) is 22.9 Å². The Labute approximate surface area is 116 Å². The second-order valence-corrected chi connectivity index (χ2v) is 5.86. The molecule has 0 aliphatic heterocycles. The summed E-state index contributed by atoms with van der Waals surface area (Å²) in [5, 5.41) is 1.68. The maximum atomic E-state index is 12.1. The van der Waals surface area contributed by atoms with E-state index in [2.05, 4.69) is 4.72 Å². The van der Waals surface area contributed by atoms with Crippen molar-refractivity contribution in [2.45, 2.75) is 17.4 Å². The van der Waals surface area contributed by atoms with Crippen LogP contribution in [0.2, 0.25) is 0 Å². The maximum absolute atomic E-state index is 12.1. The van der Waals surface area contributed by atoms with E-state index in [1.165, 1.54) is 24.7 Å². The molecule has 1 atom stereocenters. The average Bonchev–Trinajstić information content (AvgIpc) is 2.46. The third-order valence-electron chi connectivity index (χ3n) is 2.76. The molecule has 0 amide bonds. The average molecular weight is 289 g/mol. The summed E-state index contributed by atoms with van der Waals surface area (Å²) in [6, 6.07) is 10.7. The molecular weight excluding hydrogens is 278 g/mol. The number of sulfonamides is 1. The first-order valence-electron chi connectivity index (χ1n) is 5.80. The van der Waals surface area contributed by atoms with Gasteiger partial charge in [-0.2, -0.15) is 4.72 Å². The van der Waals surface area contributed by atoms with E-state index >= 15 is 0 Å². The first-order chi connectivity index (χ1) is 9.56. The van der Waals surface area contributed by atoms with E-state index < -0.39 is 16.1 Å². The number of carbonyl (C=O) groups excluding carboxylic acids is 2. The predicted octanol–water partition coefficient (Wildman–Crippen LogP) is 1.10. The topological polar surface area (TPSA) is 80.3 Å². The van der Waals surface area contributed by atoms with Gasteiger partial charge in [0.25, 0.3) is 0 Å². The van der Waals surface area contributed by atoms with E-state index in [-0.39, 0.29) is 11.3 Å². The van der Waals surface area contributed by atoms with E-state index in [1.54, 1.807) is 18.2 Å². The Morgan fingerprint density at radius 1 is 1.05 bits per heavy atom. The smallest absolute Gasteiger partial charge is 0.241 e. The van der Waals surface area contributed by atoms with Crippen molar-refractivity contribution in [2.75, 3.05) is 0 Å². The molecule has 0 aromatic heterocycles. The van der Waals surface area contributed by atoms with Crippen molar-refractivity contribution >= 4 is 33.4 Å². The fourth-order valence-corrected chi connectivity index (χ4v) is 2.95.